The molecule has 1 N–H and O–H groups in total. The van der Waals surface area contributed by atoms with Crippen LogP contribution < -0.4 is 5.32 Å². The van der Waals surface area contributed by atoms with Gasteiger partial charge in [0.15, 0.2) is 0 Å². The summed E-state index contributed by atoms with van der Waals surface area (Å²) in [6, 6.07) is 0. The van der Waals surface area contributed by atoms with Gasteiger partial charge in [-0.2, -0.15) is 0 Å². The number of hydrogen-bond acceptors (Lipinski definition) is 3. The van der Waals surface area contributed by atoms with Crippen molar-refractivity contribution < 1.29 is 14.3 Å². The molecule has 1 fully saturated rings. The maximum atomic E-state index is 11.9. The highest BCUT2D eigenvalue weighted by Gasteiger charge is 2.23. The Kier molecular flexibility index (Phi) is 6.72. The average molecular weight is 256 g/mol. The van der Waals surface area contributed by atoms with Crippen LogP contribution in [0, 0.1) is 5.92 Å². The first-order valence-corrected chi connectivity index (χ1v) is 6.73. The van der Waals surface area contributed by atoms with E-state index in [0.717, 1.165) is 39.1 Å². The van der Waals surface area contributed by atoms with E-state index in [-0.39, 0.29) is 11.8 Å². The fourth-order valence-electron chi connectivity index (χ4n) is 2.22. The maximum Gasteiger partial charge on any atom is 0.224 e. The normalized spacial score (nSPS) is 19.7. The molecule has 1 heterocycles. The van der Waals surface area contributed by atoms with E-state index in [2.05, 4.69) is 5.32 Å². The van der Waals surface area contributed by atoms with Crippen LogP contribution in [0.3, 0.4) is 0 Å². The van der Waals surface area contributed by atoms with Crippen LogP contribution in [0.15, 0.2) is 0 Å². The third-order valence-electron chi connectivity index (χ3n) is 3.14. The summed E-state index contributed by atoms with van der Waals surface area (Å²) >= 11 is 0. The van der Waals surface area contributed by atoms with Gasteiger partial charge >= 0.3 is 0 Å². The molecule has 18 heavy (non-hydrogen) atoms. The first kappa shape index (κ1) is 15.0. The number of likely N-dealkylation sites (tertiary alicyclic amines) is 1. The van der Waals surface area contributed by atoms with E-state index in [9.17, 15) is 9.59 Å². The Morgan fingerprint density at radius 3 is 2.89 bits per heavy atom. The lowest BCUT2D eigenvalue weighted by atomic mass is 9.98. The first-order valence-electron chi connectivity index (χ1n) is 6.73. The lowest BCUT2D eigenvalue weighted by Crippen LogP contribution is -2.42. The van der Waals surface area contributed by atoms with Crippen LogP contribution >= 0.6 is 0 Å². The third-order valence-corrected chi connectivity index (χ3v) is 3.14. The van der Waals surface area contributed by atoms with E-state index < -0.39 is 0 Å². The molecule has 104 valence electrons. The first-order chi connectivity index (χ1) is 8.63. The Labute approximate surface area is 109 Å². The standard InChI is InChI=1S/C13H24N2O3/c1-3-18-10-12-5-4-8-15(9-12)13(17)6-7-14-11(2)16/h12H,3-10H2,1-2H3,(H,14,16). The highest BCUT2D eigenvalue weighted by Crippen LogP contribution is 2.17. The zero-order chi connectivity index (χ0) is 13.4. The molecule has 0 aromatic rings. The zero-order valence-electron chi connectivity index (χ0n) is 11.4. The molecule has 5 nitrogen and oxygen atoms in total. The van der Waals surface area contributed by atoms with Gasteiger partial charge in [-0.1, -0.05) is 0 Å². The molecule has 1 rings (SSSR count). The van der Waals surface area contributed by atoms with Crippen LogP contribution in [0.2, 0.25) is 0 Å². The molecule has 1 unspecified atom stereocenters. The van der Waals surface area contributed by atoms with Gasteiger partial charge < -0.3 is 15.0 Å². The quantitative estimate of drug-likeness (QED) is 0.764. The zero-order valence-corrected chi connectivity index (χ0v) is 11.4. The van der Waals surface area contributed by atoms with Crippen molar-refractivity contribution in [3.05, 3.63) is 0 Å². The smallest absolute Gasteiger partial charge is 0.224 e. The lowest BCUT2D eigenvalue weighted by molar-refractivity contribution is -0.133. The number of rotatable bonds is 6. The fraction of sp³-hybridized carbons (Fsp3) is 0.846. The summed E-state index contributed by atoms with van der Waals surface area (Å²) in [4.78, 5) is 24.5. The highest BCUT2D eigenvalue weighted by molar-refractivity contribution is 5.78. The lowest BCUT2D eigenvalue weighted by Gasteiger charge is -2.32. The van der Waals surface area contributed by atoms with Gasteiger partial charge in [0.1, 0.15) is 0 Å². The van der Waals surface area contributed by atoms with Gasteiger partial charge in [0.2, 0.25) is 11.8 Å². The fourth-order valence-corrected chi connectivity index (χ4v) is 2.22. The van der Waals surface area contributed by atoms with Gasteiger partial charge in [-0.25, -0.2) is 0 Å². The minimum Gasteiger partial charge on any atom is -0.381 e. The molecular weight excluding hydrogens is 232 g/mol. The molecule has 1 aliphatic rings. The Morgan fingerprint density at radius 2 is 2.22 bits per heavy atom. The molecule has 0 bridgehead atoms. The van der Waals surface area contributed by atoms with Crippen molar-refractivity contribution >= 4 is 11.8 Å². The topological polar surface area (TPSA) is 58.6 Å². The van der Waals surface area contributed by atoms with Gasteiger partial charge in [-0.05, 0) is 25.7 Å². The van der Waals surface area contributed by atoms with Gasteiger partial charge in [0.25, 0.3) is 0 Å². The van der Waals surface area contributed by atoms with Crippen LogP contribution in [0.1, 0.15) is 33.1 Å². The third kappa shape index (κ3) is 5.49. The molecule has 0 radical (unpaired) electrons. The monoisotopic (exact) mass is 256 g/mol. The van der Waals surface area contributed by atoms with Crippen LogP contribution in [0.25, 0.3) is 0 Å². The number of amides is 2. The van der Waals surface area contributed by atoms with E-state index in [1.807, 2.05) is 11.8 Å². The van der Waals surface area contributed by atoms with Crippen LogP contribution in [-0.4, -0.2) is 49.6 Å². The Bertz CT molecular complexity index is 281. The van der Waals surface area contributed by atoms with E-state index in [1.54, 1.807) is 0 Å². The molecule has 1 saturated heterocycles. The average Bonchev–Trinajstić information content (AvgIpc) is 2.36. The summed E-state index contributed by atoms with van der Waals surface area (Å²) in [6.45, 7) is 6.98. The summed E-state index contributed by atoms with van der Waals surface area (Å²) in [7, 11) is 0. The second-order valence-electron chi connectivity index (χ2n) is 4.74. The van der Waals surface area contributed by atoms with Gasteiger partial charge in [-0.15, -0.1) is 0 Å². The molecule has 1 atom stereocenters. The molecular formula is C13H24N2O3. The number of nitrogens with zero attached hydrogens (tertiary/aromatic N) is 1. The molecule has 0 aromatic heterocycles. The summed E-state index contributed by atoms with van der Waals surface area (Å²) < 4.78 is 5.42. The van der Waals surface area contributed by atoms with Crippen molar-refractivity contribution in [1.29, 1.82) is 0 Å². The van der Waals surface area contributed by atoms with Crippen LogP contribution in [0.4, 0.5) is 0 Å². The Balaban J connectivity index is 2.27. The van der Waals surface area contributed by atoms with Crippen LogP contribution in [-0.2, 0) is 14.3 Å². The van der Waals surface area contributed by atoms with Crippen LogP contribution in [0.5, 0.6) is 0 Å². The van der Waals surface area contributed by atoms with E-state index in [0.29, 0.717) is 18.9 Å². The van der Waals surface area contributed by atoms with Gasteiger partial charge in [-0.3, -0.25) is 9.59 Å². The highest BCUT2D eigenvalue weighted by atomic mass is 16.5. The summed E-state index contributed by atoms with van der Waals surface area (Å²) in [5.74, 6) is 0.504. The predicted octanol–water partition coefficient (Wildman–Crippen LogP) is 0.788. The molecule has 1 aliphatic heterocycles. The number of hydrogen-bond donors (Lipinski definition) is 1. The Hall–Kier alpha value is -1.10. The summed E-state index contributed by atoms with van der Waals surface area (Å²) in [5, 5.41) is 2.65. The molecule has 5 heteroatoms. The van der Waals surface area contributed by atoms with Crippen molar-refractivity contribution in [2.45, 2.75) is 33.1 Å². The molecule has 0 spiro atoms. The maximum absolute atomic E-state index is 11.9. The number of carbonyl (C=O) groups is 2. The van der Waals surface area contributed by atoms with E-state index >= 15 is 0 Å². The SMILES string of the molecule is CCOCC1CCCN(C(=O)CCNC(C)=O)C1. The van der Waals surface area contributed by atoms with Crippen molar-refractivity contribution in [3.63, 3.8) is 0 Å². The second kappa shape index (κ2) is 8.08. The molecule has 0 aliphatic carbocycles. The van der Waals surface area contributed by atoms with E-state index in [4.69, 9.17) is 4.74 Å². The Morgan fingerprint density at radius 1 is 1.44 bits per heavy atom. The molecule has 0 saturated carbocycles. The van der Waals surface area contributed by atoms with Crippen molar-refractivity contribution in [3.8, 4) is 0 Å². The van der Waals surface area contributed by atoms with Crippen molar-refractivity contribution in [1.82, 2.24) is 10.2 Å². The van der Waals surface area contributed by atoms with Crippen molar-refractivity contribution in [2.24, 2.45) is 5.92 Å². The number of carbonyl (C=O) groups excluding carboxylic acids is 2. The minimum atomic E-state index is -0.0873. The second-order valence-corrected chi connectivity index (χ2v) is 4.74. The number of piperidine rings is 1. The van der Waals surface area contributed by atoms with E-state index in [1.165, 1.54) is 6.92 Å². The van der Waals surface area contributed by atoms with Crippen molar-refractivity contribution in [2.75, 3.05) is 32.8 Å². The summed E-state index contributed by atoms with van der Waals surface area (Å²) in [5.41, 5.74) is 0. The molecule has 0 aromatic carbocycles. The largest absolute Gasteiger partial charge is 0.381 e. The molecule has 2 amide bonds. The van der Waals surface area contributed by atoms with Gasteiger partial charge in [0, 0.05) is 39.6 Å². The number of nitrogens with one attached hydrogen (secondary N) is 1. The van der Waals surface area contributed by atoms with Gasteiger partial charge in [0.05, 0.1) is 6.61 Å². The minimum absolute atomic E-state index is 0.0873. The number of ether oxygens (including phenoxy) is 1. The summed E-state index contributed by atoms with van der Waals surface area (Å²) in [6.07, 6.45) is 2.57. The predicted molar refractivity (Wildman–Crippen MR) is 69.1 cm³/mol.